The molecular weight excluding hydrogens is 132 g/mol. The molecule has 4 nitrogen and oxygen atoms in total. The Balaban J connectivity index is 3.58. The quantitative estimate of drug-likeness (QED) is 0.402. The second-order valence-corrected chi connectivity index (χ2v) is 3.02. The first-order valence-corrected chi connectivity index (χ1v) is 3.19. The van der Waals surface area contributed by atoms with Crippen molar-refractivity contribution in [3.05, 3.63) is 0 Å². The SMILES string of the molecule is C[N+](C)(C)NC(=O)CCO. The third-order valence-corrected chi connectivity index (χ3v) is 0.799. The molecular formula is C6H15N2O2+. The lowest BCUT2D eigenvalue weighted by molar-refractivity contribution is -0.906. The summed E-state index contributed by atoms with van der Waals surface area (Å²) < 4.78 is 0.388. The number of nitrogens with one attached hydrogen (secondary N) is 1. The van der Waals surface area contributed by atoms with Crippen molar-refractivity contribution in [3.8, 4) is 0 Å². The molecule has 0 aliphatic rings. The number of nitrogens with zero attached hydrogens (tertiary/aromatic N) is 1. The van der Waals surface area contributed by atoms with Crippen LogP contribution in [-0.4, -0.2) is 43.4 Å². The molecule has 1 amide bonds. The molecule has 0 spiro atoms. The molecule has 0 aromatic carbocycles. The summed E-state index contributed by atoms with van der Waals surface area (Å²) in [6, 6.07) is 0. The largest absolute Gasteiger partial charge is 0.396 e. The van der Waals surface area contributed by atoms with Crippen LogP contribution in [-0.2, 0) is 4.79 Å². The van der Waals surface area contributed by atoms with Crippen molar-refractivity contribution >= 4 is 5.91 Å². The Hall–Kier alpha value is -0.610. The van der Waals surface area contributed by atoms with Gasteiger partial charge in [0.25, 0.3) is 5.91 Å². The molecule has 0 saturated heterocycles. The van der Waals surface area contributed by atoms with Crippen molar-refractivity contribution in [1.82, 2.24) is 5.43 Å². The summed E-state index contributed by atoms with van der Waals surface area (Å²) >= 11 is 0. The van der Waals surface area contributed by atoms with Gasteiger partial charge in [0, 0.05) is 0 Å². The van der Waals surface area contributed by atoms with Crippen LogP contribution in [0.2, 0.25) is 0 Å². The first-order chi connectivity index (χ1) is 4.45. The average molecular weight is 147 g/mol. The highest BCUT2D eigenvalue weighted by Gasteiger charge is 2.10. The Morgan fingerprint density at radius 3 is 2.30 bits per heavy atom. The van der Waals surface area contributed by atoms with Gasteiger partial charge in [-0.1, -0.05) is 0 Å². The van der Waals surface area contributed by atoms with Crippen LogP contribution in [0.3, 0.4) is 0 Å². The first-order valence-electron chi connectivity index (χ1n) is 3.19. The summed E-state index contributed by atoms with van der Waals surface area (Å²) in [6.07, 6.45) is 0.176. The lowest BCUT2D eigenvalue weighted by Crippen LogP contribution is -2.51. The molecule has 0 aliphatic carbocycles. The van der Waals surface area contributed by atoms with Gasteiger partial charge in [-0.15, -0.1) is 0 Å². The highest BCUT2D eigenvalue weighted by Crippen LogP contribution is 1.84. The average Bonchev–Trinajstić information content (AvgIpc) is 1.59. The maximum Gasteiger partial charge on any atom is 0.267 e. The lowest BCUT2D eigenvalue weighted by atomic mass is 10.4. The standard InChI is InChI=1S/C6H14N2O2/c1-8(2,3)7-6(10)4-5-9/h9H,4-5H2,1-3H3/p+1. The number of carbonyl (C=O) groups excluding carboxylic acids is 1. The number of hydrogen-bond acceptors (Lipinski definition) is 2. The van der Waals surface area contributed by atoms with Gasteiger partial charge in [-0.05, 0) is 0 Å². The van der Waals surface area contributed by atoms with E-state index in [0.29, 0.717) is 4.59 Å². The molecule has 0 saturated carbocycles. The highest BCUT2D eigenvalue weighted by molar-refractivity contribution is 5.74. The molecule has 0 heterocycles. The molecule has 0 aliphatic heterocycles. The van der Waals surface area contributed by atoms with Gasteiger partial charge in [-0.3, -0.25) is 4.79 Å². The monoisotopic (exact) mass is 147 g/mol. The van der Waals surface area contributed by atoms with Gasteiger partial charge in [0.2, 0.25) is 0 Å². The van der Waals surface area contributed by atoms with Crippen molar-refractivity contribution in [2.24, 2.45) is 0 Å². The summed E-state index contributed by atoms with van der Waals surface area (Å²) in [5.41, 5.74) is 2.66. The van der Waals surface area contributed by atoms with Crippen LogP contribution < -0.4 is 5.43 Å². The van der Waals surface area contributed by atoms with Crippen LogP contribution in [0.1, 0.15) is 6.42 Å². The van der Waals surface area contributed by atoms with Gasteiger partial charge >= 0.3 is 0 Å². The van der Waals surface area contributed by atoms with Crippen LogP contribution in [0, 0.1) is 0 Å². The Kier molecular flexibility index (Phi) is 3.32. The van der Waals surface area contributed by atoms with Gasteiger partial charge in [-0.2, -0.15) is 0 Å². The molecule has 0 aromatic rings. The Morgan fingerprint density at radius 1 is 1.50 bits per heavy atom. The molecule has 0 rings (SSSR count). The van der Waals surface area contributed by atoms with E-state index in [1.54, 1.807) is 0 Å². The third-order valence-electron chi connectivity index (χ3n) is 0.799. The van der Waals surface area contributed by atoms with E-state index < -0.39 is 0 Å². The maximum atomic E-state index is 10.8. The van der Waals surface area contributed by atoms with Gasteiger partial charge in [0.1, 0.15) is 0 Å². The number of aliphatic hydroxyl groups is 1. The molecule has 60 valence electrons. The zero-order chi connectivity index (χ0) is 8.20. The minimum Gasteiger partial charge on any atom is -0.396 e. The third kappa shape index (κ3) is 5.53. The number of rotatable bonds is 3. The normalized spacial score (nSPS) is 11.2. The summed E-state index contributed by atoms with van der Waals surface area (Å²) in [5, 5.41) is 8.37. The summed E-state index contributed by atoms with van der Waals surface area (Å²) in [4.78, 5) is 10.8. The Labute approximate surface area is 61.0 Å². The summed E-state index contributed by atoms with van der Waals surface area (Å²) in [6.45, 7) is -0.0914. The van der Waals surface area contributed by atoms with Crippen molar-refractivity contribution < 1.29 is 14.5 Å². The van der Waals surface area contributed by atoms with Crippen LogP contribution in [0.25, 0.3) is 0 Å². The van der Waals surface area contributed by atoms with Crippen molar-refractivity contribution in [2.75, 3.05) is 27.7 Å². The lowest BCUT2D eigenvalue weighted by Gasteiger charge is -2.23. The smallest absolute Gasteiger partial charge is 0.267 e. The van der Waals surface area contributed by atoms with Crippen molar-refractivity contribution in [1.29, 1.82) is 0 Å². The number of aliphatic hydroxyl groups excluding tert-OH is 1. The molecule has 2 N–H and O–H groups in total. The van der Waals surface area contributed by atoms with Crippen molar-refractivity contribution in [2.45, 2.75) is 6.42 Å². The molecule has 0 bridgehead atoms. The predicted molar refractivity (Wildman–Crippen MR) is 37.9 cm³/mol. The highest BCUT2D eigenvalue weighted by atomic mass is 16.3. The van der Waals surface area contributed by atoms with E-state index in [-0.39, 0.29) is 18.9 Å². The molecule has 0 radical (unpaired) electrons. The fourth-order valence-electron chi connectivity index (χ4n) is 0.532. The van der Waals surface area contributed by atoms with Crippen LogP contribution in [0.15, 0.2) is 0 Å². The number of hydrogen-bond donors (Lipinski definition) is 2. The zero-order valence-corrected chi connectivity index (χ0v) is 6.72. The predicted octanol–water partition coefficient (Wildman–Crippen LogP) is -0.894. The fourth-order valence-corrected chi connectivity index (χ4v) is 0.532. The molecule has 4 heteroatoms. The maximum absolute atomic E-state index is 10.8. The zero-order valence-electron chi connectivity index (χ0n) is 6.72. The van der Waals surface area contributed by atoms with Crippen molar-refractivity contribution in [3.63, 3.8) is 0 Å². The Bertz CT molecular complexity index is 117. The van der Waals surface area contributed by atoms with Gasteiger partial charge in [0.05, 0.1) is 34.2 Å². The minimum atomic E-state index is -0.130. The second kappa shape index (κ2) is 3.53. The molecule has 0 fully saturated rings. The number of amides is 1. The molecule has 10 heavy (non-hydrogen) atoms. The van der Waals surface area contributed by atoms with Gasteiger partial charge in [-0.25, -0.2) is 10.0 Å². The van der Waals surface area contributed by atoms with Crippen LogP contribution in [0.5, 0.6) is 0 Å². The van der Waals surface area contributed by atoms with Gasteiger partial charge < -0.3 is 5.11 Å². The second-order valence-electron chi connectivity index (χ2n) is 3.02. The summed E-state index contributed by atoms with van der Waals surface area (Å²) in [7, 11) is 5.53. The van der Waals surface area contributed by atoms with E-state index >= 15 is 0 Å². The van der Waals surface area contributed by atoms with E-state index in [1.165, 1.54) is 0 Å². The van der Waals surface area contributed by atoms with Gasteiger partial charge in [0.15, 0.2) is 0 Å². The number of quaternary nitrogens is 1. The number of carbonyl (C=O) groups is 1. The first kappa shape index (κ1) is 9.39. The molecule has 0 unspecified atom stereocenters. The minimum absolute atomic E-state index is 0.0914. The summed E-state index contributed by atoms with van der Waals surface area (Å²) in [5.74, 6) is -0.130. The fraction of sp³-hybridized carbons (Fsp3) is 0.833. The van der Waals surface area contributed by atoms with E-state index in [4.69, 9.17) is 5.11 Å². The van der Waals surface area contributed by atoms with Crippen LogP contribution >= 0.6 is 0 Å². The van der Waals surface area contributed by atoms with E-state index in [0.717, 1.165) is 0 Å². The van der Waals surface area contributed by atoms with E-state index in [9.17, 15) is 4.79 Å². The van der Waals surface area contributed by atoms with E-state index in [1.807, 2.05) is 21.1 Å². The van der Waals surface area contributed by atoms with Crippen LogP contribution in [0.4, 0.5) is 0 Å². The molecule has 0 atom stereocenters. The Morgan fingerprint density at radius 2 is 2.00 bits per heavy atom. The van der Waals surface area contributed by atoms with E-state index in [2.05, 4.69) is 5.43 Å². The topological polar surface area (TPSA) is 49.3 Å². The molecule has 0 aromatic heterocycles.